The Morgan fingerprint density at radius 1 is 1.27 bits per heavy atom. The summed E-state index contributed by atoms with van der Waals surface area (Å²) in [5, 5.41) is 0. The third kappa shape index (κ3) is 1.63. The van der Waals surface area contributed by atoms with Crippen molar-refractivity contribution in [3.8, 4) is 5.75 Å². The minimum absolute atomic E-state index is 0.0677. The molecule has 1 aromatic carbocycles. The van der Waals surface area contributed by atoms with E-state index in [0.29, 0.717) is 0 Å². The first-order valence-electron chi connectivity index (χ1n) is 5.36. The Kier molecular flexibility index (Phi) is 2.47. The van der Waals surface area contributed by atoms with Gasteiger partial charge in [-0.3, -0.25) is 0 Å². The summed E-state index contributed by atoms with van der Waals surface area (Å²) in [6.07, 6.45) is 1.11. The Morgan fingerprint density at radius 2 is 1.80 bits per heavy atom. The second kappa shape index (κ2) is 3.53. The maximum Gasteiger partial charge on any atom is 0.124 e. The van der Waals surface area contributed by atoms with Crippen molar-refractivity contribution < 1.29 is 9.47 Å². The molecule has 0 bridgehead atoms. The van der Waals surface area contributed by atoms with E-state index in [1.54, 1.807) is 7.11 Å². The van der Waals surface area contributed by atoms with Crippen molar-refractivity contribution in [1.29, 1.82) is 0 Å². The lowest BCUT2D eigenvalue weighted by atomic mass is 9.86. The van der Waals surface area contributed by atoms with Crippen LogP contribution in [0.2, 0.25) is 0 Å². The quantitative estimate of drug-likeness (QED) is 0.740. The number of benzene rings is 1. The van der Waals surface area contributed by atoms with Gasteiger partial charge in [0.25, 0.3) is 0 Å². The van der Waals surface area contributed by atoms with Crippen molar-refractivity contribution in [3.63, 3.8) is 0 Å². The number of methoxy groups -OCH3 is 1. The fourth-order valence-electron chi connectivity index (χ4n) is 2.21. The van der Waals surface area contributed by atoms with Crippen LogP contribution >= 0.6 is 0 Å². The molecule has 1 atom stereocenters. The first-order valence-corrected chi connectivity index (χ1v) is 5.36. The summed E-state index contributed by atoms with van der Waals surface area (Å²) >= 11 is 0. The van der Waals surface area contributed by atoms with Gasteiger partial charge in [-0.15, -0.1) is 0 Å². The average molecular weight is 206 g/mol. The van der Waals surface area contributed by atoms with E-state index >= 15 is 0 Å². The van der Waals surface area contributed by atoms with Crippen LogP contribution in [0.15, 0.2) is 12.1 Å². The van der Waals surface area contributed by atoms with Gasteiger partial charge in [0.15, 0.2) is 0 Å². The molecule has 1 aliphatic rings. The van der Waals surface area contributed by atoms with E-state index in [9.17, 15) is 0 Å². The lowest BCUT2D eigenvalue weighted by molar-refractivity contribution is -0.140. The van der Waals surface area contributed by atoms with Crippen molar-refractivity contribution in [1.82, 2.24) is 0 Å². The van der Waals surface area contributed by atoms with Crippen molar-refractivity contribution >= 4 is 0 Å². The zero-order chi connectivity index (χ0) is 11.1. The molecule has 0 aromatic heterocycles. The minimum atomic E-state index is -0.0677. The van der Waals surface area contributed by atoms with Gasteiger partial charge < -0.3 is 9.47 Å². The van der Waals surface area contributed by atoms with Crippen LogP contribution in [0.3, 0.4) is 0 Å². The topological polar surface area (TPSA) is 18.5 Å². The fraction of sp³-hybridized carbons (Fsp3) is 0.538. The third-order valence-electron chi connectivity index (χ3n) is 3.27. The number of rotatable bonds is 2. The largest absolute Gasteiger partial charge is 0.496 e. The molecule has 0 radical (unpaired) electrons. The lowest BCUT2D eigenvalue weighted by Gasteiger charge is -2.39. The Bertz CT molecular complexity index is 355. The Balaban J connectivity index is 2.43. The molecule has 1 aliphatic heterocycles. The molecular formula is C13H18O2. The van der Waals surface area contributed by atoms with Gasteiger partial charge in [0.2, 0.25) is 0 Å². The van der Waals surface area contributed by atoms with Gasteiger partial charge in [-0.2, -0.15) is 0 Å². The molecule has 0 aliphatic carbocycles. The molecule has 0 spiro atoms. The molecule has 2 rings (SSSR count). The molecule has 2 nitrogen and oxygen atoms in total. The van der Waals surface area contributed by atoms with Gasteiger partial charge >= 0.3 is 0 Å². The maximum absolute atomic E-state index is 5.65. The summed E-state index contributed by atoms with van der Waals surface area (Å²) in [5.74, 6) is 0.988. The predicted octanol–water partition coefficient (Wildman–Crippen LogP) is 2.95. The number of ether oxygens (including phenoxy) is 2. The zero-order valence-corrected chi connectivity index (χ0v) is 9.89. The molecule has 1 fully saturated rings. The molecule has 0 N–H and O–H groups in total. The highest BCUT2D eigenvalue weighted by atomic mass is 16.5. The fourth-order valence-corrected chi connectivity index (χ4v) is 2.21. The molecular weight excluding hydrogens is 188 g/mol. The maximum atomic E-state index is 5.65. The minimum Gasteiger partial charge on any atom is -0.496 e. The normalized spacial score (nSPS) is 24.8. The van der Waals surface area contributed by atoms with E-state index in [1.165, 1.54) is 16.7 Å². The molecule has 1 heterocycles. The van der Waals surface area contributed by atoms with E-state index in [1.807, 2.05) is 0 Å². The summed E-state index contributed by atoms with van der Waals surface area (Å²) in [7, 11) is 1.72. The van der Waals surface area contributed by atoms with Crippen LogP contribution in [0.5, 0.6) is 5.75 Å². The molecule has 0 amide bonds. The van der Waals surface area contributed by atoms with Crippen LogP contribution in [-0.2, 0) is 10.3 Å². The highest BCUT2D eigenvalue weighted by Gasteiger charge is 2.35. The Hall–Kier alpha value is -1.02. The summed E-state index contributed by atoms with van der Waals surface area (Å²) in [6, 6.07) is 4.34. The van der Waals surface area contributed by atoms with E-state index in [0.717, 1.165) is 18.8 Å². The number of hydrogen-bond acceptors (Lipinski definition) is 2. The summed E-state index contributed by atoms with van der Waals surface area (Å²) in [5.41, 5.74) is 3.57. The van der Waals surface area contributed by atoms with Crippen LogP contribution in [0.1, 0.15) is 30.0 Å². The number of hydrogen-bond donors (Lipinski definition) is 0. The van der Waals surface area contributed by atoms with Crippen molar-refractivity contribution in [2.24, 2.45) is 0 Å². The molecule has 1 unspecified atom stereocenters. The van der Waals surface area contributed by atoms with Gasteiger partial charge in [-0.05, 0) is 49.6 Å². The van der Waals surface area contributed by atoms with Crippen LogP contribution in [0.4, 0.5) is 0 Å². The average Bonchev–Trinajstić information content (AvgIpc) is 2.13. The van der Waals surface area contributed by atoms with E-state index in [4.69, 9.17) is 9.47 Å². The molecule has 15 heavy (non-hydrogen) atoms. The van der Waals surface area contributed by atoms with Gasteiger partial charge in [0.1, 0.15) is 5.75 Å². The standard InChI is InChI=1S/C13H18O2/c1-9-7-11(13(3)5-6-15-13)8-10(2)12(9)14-4/h7-8H,5-6H2,1-4H3. The van der Waals surface area contributed by atoms with Gasteiger partial charge in [-0.1, -0.05) is 0 Å². The summed E-state index contributed by atoms with van der Waals surface area (Å²) < 4.78 is 11.0. The van der Waals surface area contributed by atoms with Gasteiger partial charge in [0, 0.05) is 6.42 Å². The molecule has 0 saturated carbocycles. The monoisotopic (exact) mass is 206 g/mol. The highest BCUT2D eigenvalue weighted by Crippen LogP contribution is 2.39. The van der Waals surface area contributed by atoms with E-state index in [2.05, 4.69) is 32.9 Å². The Morgan fingerprint density at radius 3 is 2.13 bits per heavy atom. The SMILES string of the molecule is COc1c(C)cc(C2(C)CCO2)cc1C. The molecule has 1 saturated heterocycles. The van der Waals surface area contributed by atoms with Crippen molar-refractivity contribution in [2.75, 3.05) is 13.7 Å². The van der Waals surface area contributed by atoms with Crippen LogP contribution in [0, 0.1) is 13.8 Å². The van der Waals surface area contributed by atoms with Crippen molar-refractivity contribution in [3.05, 3.63) is 28.8 Å². The molecule has 2 heteroatoms. The first-order chi connectivity index (χ1) is 7.07. The summed E-state index contributed by atoms with van der Waals surface area (Å²) in [4.78, 5) is 0. The molecule has 1 aromatic rings. The third-order valence-corrected chi connectivity index (χ3v) is 3.27. The van der Waals surface area contributed by atoms with Gasteiger partial charge in [0.05, 0.1) is 19.3 Å². The van der Waals surface area contributed by atoms with Crippen molar-refractivity contribution in [2.45, 2.75) is 32.8 Å². The van der Waals surface area contributed by atoms with Gasteiger partial charge in [-0.25, -0.2) is 0 Å². The number of aryl methyl sites for hydroxylation is 2. The van der Waals surface area contributed by atoms with Crippen LogP contribution in [0.25, 0.3) is 0 Å². The van der Waals surface area contributed by atoms with E-state index < -0.39 is 0 Å². The first kappa shape index (κ1) is 10.5. The Labute approximate surface area is 91.2 Å². The second-order valence-corrected chi connectivity index (χ2v) is 4.47. The second-order valence-electron chi connectivity index (χ2n) is 4.47. The van der Waals surface area contributed by atoms with E-state index in [-0.39, 0.29) is 5.60 Å². The molecule has 82 valence electrons. The van der Waals surface area contributed by atoms with Crippen LogP contribution in [-0.4, -0.2) is 13.7 Å². The lowest BCUT2D eigenvalue weighted by Crippen LogP contribution is -2.37. The highest BCUT2D eigenvalue weighted by molar-refractivity contribution is 5.45. The van der Waals surface area contributed by atoms with Crippen LogP contribution < -0.4 is 4.74 Å². The zero-order valence-electron chi connectivity index (χ0n) is 9.89. The predicted molar refractivity (Wildman–Crippen MR) is 60.4 cm³/mol. The summed E-state index contributed by atoms with van der Waals surface area (Å²) in [6.45, 7) is 7.19. The smallest absolute Gasteiger partial charge is 0.124 e.